The fourth-order valence-corrected chi connectivity index (χ4v) is 9.00. The standard InChI is InChI=1S/C32H37NO8/c1-6-36-28(35)22-21(23-24-25(39-30(2,3)38-24)26-29(37-23)41-31(4,5)40-26)19-14-9-15-33(19)32(22)18-13-8-11-16-10-7-12-17(20(16)18)27(32)34/h7-8,10-13,19,21-26,29H,6,9,14-15H2,1-5H3/t19?,21-,22+,23+,24-,25-,26+,29+,32-/m0/s1. The van der Waals surface area contributed by atoms with Gasteiger partial charge < -0.3 is 28.4 Å². The van der Waals surface area contributed by atoms with E-state index in [0.717, 1.165) is 29.2 Å². The van der Waals surface area contributed by atoms with E-state index in [1.54, 1.807) is 0 Å². The zero-order valence-electron chi connectivity index (χ0n) is 24.1. The summed E-state index contributed by atoms with van der Waals surface area (Å²) >= 11 is 0. The smallest absolute Gasteiger partial charge is 0.312 e. The quantitative estimate of drug-likeness (QED) is 0.516. The minimum Gasteiger partial charge on any atom is -0.466 e. The van der Waals surface area contributed by atoms with E-state index in [-0.39, 0.29) is 24.4 Å². The van der Waals surface area contributed by atoms with Crippen LogP contribution in [0.25, 0.3) is 10.8 Å². The highest BCUT2D eigenvalue weighted by Crippen LogP contribution is 2.62. The number of carbonyl (C=O) groups is 2. The van der Waals surface area contributed by atoms with Crippen LogP contribution in [0.15, 0.2) is 36.4 Å². The number of nitrogens with zero attached hydrogens (tertiary/aromatic N) is 1. The fraction of sp³-hybridized carbons (Fsp3) is 0.625. The molecule has 0 amide bonds. The number of hydrogen-bond acceptors (Lipinski definition) is 9. The molecule has 5 saturated heterocycles. The lowest BCUT2D eigenvalue weighted by atomic mass is 9.69. The van der Waals surface area contributed by atoms with Gasteiger partial charge in [0.2, 0.25) is 0 Å². The molecule has 5 heterocycles. The Bertz CT molecular complexity index is 1450. The lowest BCUT2D eigenvalue weighted by Gasteiger charge is -2.43. The molecule has 41 heavy (non-hydrogen) atoms. The number of hydrogen-bond donors (Lipinski definition) is 0. The molecule has 218 valence electrons. The minimum absolute atomic E-state index is 0.0347. The summed E-state index contributed by atoms with van der Waals surface area (Å²) in [5.74, 6) is -3.35. The van der Waals surface area contributed by atoms with Crippen LogP contribution in [0.1, 0.15) is 63.4 Å². The third-order valence-corrected chi connectivity index (χ3v) is 10.0. The van der Waals surface area contributed by atoms with E-state index in [1.165, 1.54) is 0 Å². The molecule has 0 bridgehead atoms. The van der Waals surface area contributed by atoms with Gasteiger partial charge in [0.25, 0.3) is 0 Å². The van der Waals surface area contributed by atoms with Crippen LogP contribution in [-0.4, -0.2) is 78.1 Å². The number of ether oxygens (including phenoxy) is 6. The molecule has 0 aromatic heterocycles. The molecule has 2 aromatic rings. The van der Waals surface area contributed by atoms with Crippen LogP contribution in [0.5, 0.6) is 0 Å². The van der Waals surface area contributed by atoms with Crippen molar-refractivity contribution in [2.24, 2.45) is 11.8 Å². The van der Waals surface area contributed by atoms with Gasteiger partial charge in [-0.2, -0.15) is 0 Å². The average molecular weight is 564 g/mol. The van der Waals surface area contributed by atoms with E-state index >= 15 is 0 Å². The summed E-state index contributed by atoms with van der Waals surface area (Å²) < 4.78 is 38.1. The zero-order valence-corrected chi connectivity index (χ0v) is 24.1. The predicted octanol–water partition coefficient (Wildman–Crippen LogP) is 3.90. The average Bonchev–Trinajstić information content (AvgIpc) is 3.69. The first-order chi connectivity index (χ1) is 19.6. The van der Waals surface area contributed by atoms with Gasteiger partial charge in [-0.3, -0.25) is 14.5 Å². The zero-order chi connectivity index (χ0) is 28.5. The normalized spacial score (nSPS) is 41.6. The number of Topliss-reactive ketones (excluding diaryl/α,β-unsaturated/α-hetero) is 1. The topological polar surface area (TPSA) is 92.8 Å². The maximum Gasteiger partial charge on any atom is 0.312 e. The van der Waals surface area contributed by atoms with Crippen molar-refractivity contribution < 1.29 is 38.0 Å². The molecular weight excluding hydrogens is 526 g/mol. The Morgan fingerprint density at radius 2 is 1.63 bits per heavy atom. The summed E-state index contributed by atoms with van der Waals surface area (Å²) in [5.41, 5.74) is 0.369. The van der Waals surface area contributed by atoms with E-state index in [2.05, 4.69) is 4.90 Å². The molecule has 1 spiro atoms. The van der Waals surface area contributed by atoms with Gasteiger partial charge in [-0.15, -0.1) is 0 Å². The summed E-state index contributed by atoms with van der Waals surface area (Å²) in [5, 5.41) is 1.93. The van der Waals surface area contributed by atoms with E-state index in [1.807, 2.05) is 71.0 Å². The summed E-state index contributed by atoms with van der Waals surface area (Å²) in [6.45, 7) is 10.2. The van der Waals surface area contributed by atoms with Crippen LogP contribution in [0.3, 0.4) is 0 Å². The molecule has 2 aromatic carbocycles. The first kappa shape index (κ1) is 26.2. The Kier molecular flexibility index (Phi) is 5.49. The molecular formula is C32H37NO8. The van der Waals surface area contributed by atoms with Crippen molar-refractivity contribution in [2.45, 2.75) is 101 Å². The molecule has 9 nitrogen and oxygen atoms in total. The second kappa shape index (κ2) is 8.58. The van der Waals surface area contributed by atoms with Crippen molar-refractivity contribution in [1.29, 1.82) is 0 Å². The van der Waals surface area contributed by atoms with Gasteiger partial charge >= 0.3 is 5.97 Å². The molecule has 9 heteroatoms. The molecule has 1 unspecified atom stereocenters. The number of benzene rings is 2. The van der Waals surface area contributed by atoms with Crippen molar-refractivity contribution in [3.05, 3.63) is 47.5 Å². The molecule has 0 N–H and O–H groups in total. The number of carbonyl (C=O) groups excluding carboxylic acids is 2. The van der Waals surface area contributed by atoms with Gasteiger partial charge in [-0.1, -0.05) is 36.4 Å². The number of ketones is 1. The van der Waals surface area contributed by atoms with Crippen LogP contribution in [-0.2, 0) is 38.8 Å². The van der Waals surface area contributed by atoms with Gasteiger partial charge in [0.05, 0.1) is 18.6 Å². The fourth-order valence-electron chi connectivity index (χ4n) is 9.00. The Hall–Kier alpha value is -2.40. The number of esters is 1. The summed E-state index contributed by atoms with van der Waals surface area (Å²) in [7, 11) is 0. The molecule has 0 radical (unpaired) electrons. The van der Waals surface area contributed by atoms with Crippen LogP contribution in [0.4, 0.5) is 0 Å². The van der Waals surface area contributed by atoms with E-state index in [9.17, 15) is 9.59 Å². The van der Waals surface area contributed by atoms with Crippen molar-refractivity contribution in [3.8, 4) is 0 Å². The molecule has 1 aliphatic carbocycles. The van der Waals surface area contributed by atoms with Gasteiger partial charge in [0, 0.05) is 17.5 Å². The molecule has 9 atom stereocenters. The lowest BCUT2D eigenvalue weighted by molar-refractivity contribution is -0.249. The highest BCUT2D eigenvalue weighted by molar-refractivity contribution is 6.21. The Balaban J connectivity index is 1.32. The Morgan fingerprint density at radius 3 is 2.39 bits per heavy atom. The van der Waals surface area contributed by atoms with Gasteiger partial charge in [0.1, 0.15) is 23.9 Å². The highest BCUT2D eigenvalue weighted by Gasteiger charge is 2.73. The van der Waals surface area contributed by atoms with Gasteiger partial charge in [-0.05, 0) is 70.3 Å². The van der Waals surface area contributed by atoms with Gasteiger partial charge in [0.15, 0.2) is 23.6 Å². The lowest BCUT2D eigenvalue weighted by Crippen LogP contribution is -2.60. The number of fused-ring (bicyclic) bond motifs is 6. The second-order valence-corrected chi connectivity index (χ2v) is 13.1. The van der Waals surface area contributed by atoms with E-state index < -0.39 is 59.7 Å². The summed E-state index contributed by atoms with van der Waals surface area (Å²) in [4.78, 5) is 31.4. The third-order valence-electron chi connectivity index (χ3n) is 10.0. The SMILES string of the molecule is CCOC(=O)[C@H]1[C@@H]([C@H]2O[C@@H]3OC(C)(C)O[C@@H]3[C@H]3OC(C)(C)O[C@H]32)C2CCCN2[C@]12C(=O)c1cccc3cccc2c13. The first-order valence-electron chi connectivity index (χ1n) is 14.9. The third kappa shape index (κ3) is 3.39. The number of rotatable bonds is 3. The minimum atomic E-state index is -1.18. The maximum atomic E-state index is 14.8. The van der Waals surface area contributed by atoms with Crippen LogP contribution in [0.2, 0.25) is 0 Å². The molecule has 6 aliphatic rings. The molecule has 0 saturated carbocycles. The largest absolute Gasteiger partial charge is 0.466 e. The molecule has 5 aliphatic heterocycles. The monoisotopic (exact) mass is 563 g/mol. The van der Waals surface area contributed by atoms with E-state index in [0.29, 0.717) is 12.1 Å². The van der Waals surface area contributed by atoms with Crippen LogP contribution in [0, 0.1) is 11.8 Å². The van der Waals surface area contributed by atoms with Crippen LogP contribution < -0.4 is 0 Å². The summed E-state index contributed by atoms with van der Waals surface area (Å²) in [6, 6.07) is 11.8. The Morgan fingerprint density at radius 1 is 0.951 bits per heavy atom. The van der Waals surface area contributed by atoms with Gasteiger partial charge in [-0.25, -0.2) is 0 Å². The predicted molar refractivity (Wildman–Crippen MR) is 146 cm³/mol. The van der Waals surface area contributed by atoms with Crippen molar-refractivity contribution in [2.75, 3.05) is 13.2 Å². The highest BCUT2D eigenvalue weighted by atomic mass is 16.9. The van der Waals surface area contributed by atoms with Crippen molar-refractivity contribution in [3.63, 3.8) is 0 Å². The molecule has 8 rings (SSSR count). The Labute approximate surface area is 239 Å². The van der Waals surface area contributed by atoms with E-state index in [4.69, 9.17) is 28.4 Å². The maximum absolute atomic E-state index is 14.8. The second-order valence-electron chi connectivity index (χ2n) is 13.1. The van der Waals surface area contributed by atoms with Crippen molar-refractivity contribution >= 4 is 22.5 Å². The summed E-state index contributed by atoms with van der Waals surface area (Å²) in [6.07, 6.45) is -0.975. The van der Waals surface area contributed by atoms with Crippen LogP contribution >= 0.6 is 0 Å². The first-order valence-corrected chi connectivity index (χ1v) is 14.9. The molecule has 5 fully saturated rings. The van der Waals surface area contributed by atoms with Crippen molar-refractivity contribution in [1.82, 2.24) is 4.90 Å².